The van der Waals surface area contributed by atoms with Gasteiger partial charge in [-0.1, -0.05) is 6.42 Å². The average molecular weight is 139 g/mol. The van der Waals surface area contributed by atoms with Crippen LogP contribution in [-0.4, -0.2) is 13.7 Å². The lowest BCUT2D eigenvalue weighted by atomic mass is 9.68. The van der Waals surface area contributed by atoms with Crippen LogP contribution in [-0.2, 0) is 4.74 Å². The van der Waals surface area contributed by atoms with Crippen molar-refractivity contribution in [1.29, 1.82) is 5.26 Å². The van der Waals surface area contributed by atoms with Gasteiger partial charge >= 0.3 is 0 Å². The number of nitriles is 1. The molecule has 1 saturated carbocycles. The van der Waals surface area contributed by atoms with Crippen LogP contribution >= 0.6 is 0 Å². The Kier molecular flexibility index (Phi) is 2.29. The van der Waals surface area contributed by atoms with Crippen molar-refractivity contribution in [1.82, 2.24) is 0 Å². The molecule has 0 aromatic heterocycles. The van der Waals surface area contributed by atoms with E-state index in [1.165, 1.54) is 6.42 Å². The van der Waals surface area contributed by atoms with Crippen molar-refractivity contribution in [2.75, 3.05) is 13.7 Å². The molecule has 0 heterocycles. The van der Waals surface area contributed by atoms with Crippen molar-refractivity contribution in [3.05, 3.63) is 0 Å². The van der Waals surface area contributed by atoms with Gasteiger partial charge in [0.25, 0.3) is 0 Å². The van der Waals surface area contributed by atoms with Gasteiger partial charge in [0.15, 0.2) is 0 Å². The summed E-state index contributed by atoms with van der Waals surface area (Å²) in [6, 6.07) is 2.37. The summed E-state index contributed by atoms with van der Waals surface area (Å²) in [5, 5.41) is 8.76. The Bertz CT molecular complexity index is 144. The predicted octanol–water partition coefficient (Wildman–Crippen LogP) is 1.72. The maximum absolute atomic E-state index is 8.76. The average Bonchev–Trinajstić information content (AvgIpc) is 1.87. The van der Waals surface area contributed by atoms with Gasteiger partial charge in [-0.25, -0.2) is 0 Å². The molecule has 0 unspecified atom stereocenters. The molecular formula is C8H13NO. The molecule has 0 spiro atoms. The Morgan fingerprint density at radius 2 is 2.30 bits per heavy atom. The molecule has 0 aliphatic heterocycles. The van der Waals surface area contributed by atoms with Gasteiger partial charge in [0, 0.05) is 13.7 Å². The Labute approximate surface area is 61.8 Å². The summed E-state index contributed by atoms with van der Waals surface area (Å²) in [6.07, 6.45) is 4.29. The lowest BCUT2D eigenvalue weighted by molar-refractivity contribution is 0.115. The molecule has 0 bridgehead atoms. The molecule has 0 aromatic carbocycles. The maximum Gasteiger partial charge on any atom is 0.0690 e. The van der Waals surface area contributed by atoms with Gasteiger partial charge in [0.2, 0.25) is 0 Å². The number of hydrogen-bond donors (Lipinski definition) is 0. The van der Waals surface area contributed by atoms with Crippen molar-refractivity contribution in [2.45, 2.75) is 25.7 Å². The highest BCUT2D eigenvalue weighted by molar-refractivity contribution is 5.04. The molecule has 0 atom stereocenters. The van der Waals surface area contributed by atoms with Crippen LogP contribution in [0.1, 0.15) is 25.7 Å². The summed E-state index contributed by atoms with van der Waals surface area (Å²) in [6.45, 7) is 0.730. The summed E-state index contributed by atoms with van der Waals surface area (Å²) in [4.78, 5) is 0. The Balaban J connectivity index is 2.29. The molecule has 1 fully saturated rings. The monoisotopic (exact) mass is 139 g/mol. The van der Waals surface area contributed by atoms with Gasteiger partial charge < -0.3 is 4.74 Å². The first-order chi connectivity index (χ1) is 4.83. The van der Waals surface area contributed by atoms with Crippen molar-refractivity contribution in [3.63, 3.8) is 0 Å². The van der Waals surface area contributed by atoms with E-state index >= 15 is 0 Å². The first kappa shape index (κ1) is 7.56. The second kappa shape index (κ2) is 3.03. The molecule has 0 saturated heterocycles. The molecular weight excluding hydrogens is 126 g/mol. The quantitative estimate of drug-likeness (QED) is 0.596. The summed E-state index contributed by atoms with van der Waals surface area (Å²) in [7, 11) is 1.68. The number of methoxy groups -OCH3 is 1. The third kappa shape index (κ3) is 1.30. The molecule has 0 aromatic rings. The minimum absolute atomic E-state index is 0.00396. The minimum Gasteiger partial charge on any atom is -0.385 e. The minimum atomic E-state index is -0.00396. The van der Waals surface area contributed by atoms with Crippen LogP contribution in [0.25, 0.3) is 0 Å². The highest BCUT2D eigenvalue weighted by Crippen LogP contribution is 2.42. The van der Waals surface area contributed by atoms with E-state index in [2.05, 4.69) is 6.07 Å². The van der Waals surface area contributed by atoms with Crippen LogP contribution in [0.15, 0.2) is 0 Å². The Hall–Kier alpha value is -0.550. The first-order valence-electron chi connectivity index (χ1n) is 3.73. The van der Waals surface area contributed by atoms with Crippen LogP contribution in [0.4, 0.5) is 0 Å². The Morgan fingerprint density at radius 1 is 1.60 bits per heavy atom. The van der Waals surface area contributed by atoms with Crippen molar-refractivity contribution in [2.24, 2.45) is 5.41 Å². The molecule has 2 nitrogen and oxygen atoms in total. The third-order valence-electron chi connectivity index (χ3n) is 2.33. The van der Waals surface area contributed by atoms with Crippen molar-refractivity contribution >= 4 is 0 Å². The zero-order valence-electron chi connectivity index (χ0n) is 6.39. The number of ether oxygens (including phenoxy) is 1. The molecule has 0 radical (unpaired) electrons. The van der Waals surface area contributed by atoms with Crippen molar-refractivity contribution in [3.8, 4) is 6.07 Å². The highest BCUT2D eigenvalue weighted by atomic mass is 16.5. The SMILES string of the molecule is COCCC1(C#N)CCC1. The van der Waals surface area contributed by atoms with E-state index in [9.17, 15) is 0 Å². The maximum atomic E-state index is 8.76. The van der Waals surface area contributed by atoms with Crippen LogP contribution in [0.5, 0.6) is 0 Å². The van der Waals surface area contributed by atoms with Gasteiger partial charge in [-0.15, -0.1) is 0 Å². The third-order valence-corrected chi connectivity index (χ3v) is 2.33. The first-order valence-corrected chi connectivity index (χ1v) is 3.73. The van der Waals surface area contributed by atoms with Crippen LogP contribution < -0.4 is 0 Å². The summed E-state index contributed by atoms with van der Waals surface area (Å²) >= 11 is 0. The zero-order chi connectivity index (χ0) is 7.45. The van der Waals surface area contributed by atoms with E-state index in [1.54, 1.807) is 7.11 Å². The van der Waals surface area contributed by atoms with Gasteiger partial charge in [0.1, 0.15) is 0 Å². The van der Waals surface area contributed by atoms with Crippen molar-refractivity contribution < 1.29 is 4.74 Å². The van der Waals surface area contributed by atoms with Crippen LogP contribution in [0.2, 0.25) is 0 Å². The van der Waals surface area contributed by atoms with E-state index in [0.717, 1.165) is 25.9 Å². The highest BCUT2D eigenvalue weighted by Gasteiger charge is 2.36. The normalized spacial score (nSPS) is 21.2. The van der Waals surface area contributed by atoms with Gasteiger partial charge in [0.05, 0.1) is 11.5 Å². The number of nitrogens with zero attached hydrogens (tertiary/aromatic N) is 1. The molecule has 56 valence electrons. The molecule has 0 amide bonds. The number of rotatable bonds is 3. The molecule has 1 rings (SSSR count). The molecule has 10 heavy (non-hydrogen) atoms. The lowest BCUT2D eigenvalue weighted by Gasteiger charge is -2.34. The topological polar surface area (TPSA) is 33.0 Å². The van der Waals surface area contributed by atoms with E-state index in [4.69, 9.17) is 10.00 Å². The van der Waals surface area contributed by atoms with Gasteiger partial charge in [-0.2, -0.15) is 5.26 Å². The molecule has 0 N–H and O–H groups in total. The smallest absolute Gasteiger partial charge is 0.0690 e. The van der Waals surface area contributed by atoms with Crippen LogP contribution in [0, 0.1) is 16.7 Å². The van der Waals surface area contributed by atoms with E-state index in [0.29, 0.717) is 0 Å². The van der Waals surface area contributed by atoms with E-state index in [1.807, 2.05) is 0 Å². The van der Waals surface area contributed by atoms with Gasteiger partial charge in [-0.05, 0) is 19.3 Å². The largest absolute Gasteiger partial charge is 0.385 e. The van der Waals surface area contributed by atoms with E-state index < -0.39 is 0 Å². The number of hydrogen-bond acceptors (Lipinski definition) is 2. The van der Waals surface area contributed by atoms with Crippen LogP contribution in [0.3, 0.4) is 0 Å². The molecule has 2 heteroatoms. The summed E-state index contributed by atoms with van der Waals surface area (Å²) < 4.78 is 4.92. The predicted molar refractivity (Wildman–Crippen MR) is 38.4 cm³/mol. The molecule has 1 aliphatic rings. The Morgan fingerprint density at radius 3 is 2.60 bits per heavy atom. The molecule has 1 aliphatic carbocycles. The lowest BCUT2D eigenvalue weighted by Crippen LogP contribution is -2.28. The second-order valence-electron chi connectivity index (χ2n) is 2.99. The fourth-order valence-electron chi connectivity index (χ4n) is 1.32. The fourth-order valence-corrected chi connectivity index (χ4v) is 1.32. The zero-order valence-corrected chi connectivity index (χ0v) is 6.39. The van der Waals surface area contributed by atoms with E-state index in [-0.39, 0.29) is 5.41 Å². The van der Waals surface area contributed by atoms with Gasteiger partial charge in [-0.3, -0.25) is 0 Å². The summed E-state index contributed by atoms with van der Waals surface area (Å²) in [5.41, 5.74) is -0.00396. The summed E-state index contributed by atoms with van der Waals surface area (Å²) in [5.74, 6) is 0. The second-order valence-corrected chi connectivity index (χ2v) is 2.99. The standard InChI is InChI=1S/C8H13NO/c1-10-6-5-8(7-9)3-2-4-8/h2-6H2,1H3. The fraction of sp³-hybridized carbons (Fsp3) is 0.875.